The first kappa shape index (κ1) is 17.5. The normalized spacial score (nSPS) is 36.4. The van der Waals surface area contributed by atoms with Gasteiger partial charge in [-0.05, 0) is 55.7 Å². The first-order valence-corrected chi connectivity index (χ1v) is 11.5. The molecule has 154 valence electrons. The Labute approximate surface area is 176 Å². The van der Waals surface area contributed by atoms with Crippen LogP contribution < -0.4 is 4.74 Å². The number of hydrogen-bond donors (Lipinski definition) is 1. The van der Waals surface area contributed by atoms with Crippen LogP contribution in [0, 0.1) is 5.92 Å². The van der Waals surface area contributed by atoms with Crippen LogP contribution in [0.2, 0.25) is 0 Å². The van der Waals surface area contributed by atoms with E-state index in [2.05, 4.69) is 29.2 Å². The van der Waals surface area contributed by atoms with Crippen LogP contribution in [0.1, 0.15) is 43.2 Å². The van der Waals surface area contributed by atoms with Gasteiger partial charge in [0, 0.05) is 30.1 Å². The molecule has 2 heterocycles. The second kappa shape index (κ2) is 5.74. The zero-order valence-electron chi connectivity index (χ0n) is 17.1. The van der Waals surface area contributed by atoms with Crippen molar-refractivity contribution in [1.29, 1.82) is 0 Å². The smallest absolute Gasteiger partial charge is 0.174 e. The van der Waals surface area contributed by atoms with Crippen LogP contribution in [0.15, 0.2) is 42.5 Å². The summed E-state index contributed by atoms with van der Waals surface area (Å²) in [5, 5.41) is 12.3. The van der Waals surface area contributed by atoms with Gasteiger partial charge < -0.3 is 9.84 Å². The molecule has 4 nitrogen and oxygen atoms in total. The summed E-state index contributed by atoms with van der Waals surface area (Å²) in [6, 6.07) is 14.8. The highest BCUT2D eigenvalue weighted by molar-refractivity contribution is 5.91. The molecule has 7 rings (SSSR count). The number of carbonyl (C=O) groups excluding carboxylic acids is 1. The van der Waals surface area contributed by atoms with Crippen LogP contribution in [-0.4, -0.2) is 46.6 Å². The molecule has 0 amide bonds. The molecular formula is C26H27NO3. The van der Waals surface area contributed by atoms with E-state index in [4.69, 9.17) is 4.74 Å². The molecule has 3 aliphatic carbocycles. The number of nitrogens with zero attached hydrogens (tertiary/aromatic N) is 1. The first-order valence-electron chi connectivity index (χ1n) is 11.5. The van der Waals surface area contributed by atoms with E-state index in [1.54, 1.807) is 0 Å². The minimum atomic E-state index is -0.883. The fraction of sp³-hybridized carbons (Fsp3) is 0.500. The van der Waals surface area contributed by atoms with Gasteiger partial charge >= 0.3 is 0 Å². The highest BCUT2D eigenvalue weighted by Crippen LogP contribution is 2.64. The molecule has 0 radical (unpaired) electrons. The number of likely N-dealkylation sites (tertiary alicyclic amines) is 1. The Morgan fingerprint density at radius 1 is 1.10 bits per heavy atom. The van der Waals surface area contributed by atoms with E-state index in [0.29, 0.717) is 12.8 Å². The lowest BCUT2D eigenvalue weighted by Crippen LogP contribution is -2.76. The standard InChI is InChI=1S/C26H27NO3/c28-20-10-11-26(29)21-14-18-8-9-19(17-4-2-1-3-5-17)23-22(18)25(26,24(20)30-23)12-13-27(21)15-16-6-7-16/h1-5,8-9,16,21,24,29H,6-7,10-15H2/t21-,24+,25+,26-/m1/s1. The van der Waals surface area contributed by atoms with Gasteiger partial charge in [0.05, 0.1) is 11.0 Å². The fourth-order valence-electron chi connectivity index (χ4n) is 7.12. The zero-order valence-corrected chi connectivity index (χ0v) is 17.1. The van der Waals surface area contributed by atoms with Crippen LogP contribution in [0.4, 0.5) is 0 Å². The summed E-state index contributed by atoms with van der Waals surface area (Å²) in [7, 11) is 0. The molecule has 3 fully saturated rings. The van der Waals surface area contributed by atoms with Gasteiger partial charge in [-0.2, -0.15) is 0 Å². The third kappa shape index (κ3) is 2.02. The van der Waals surface area contributed by atoms with Crippen LogP contribution in [0.5, 0.6) is 5.75 Å². The van der Waals surface area contributed by atoms with Gasteiger partial charge in [-0.15, -0.1) is 0 Å². The Kier molecular flexibility index (Phi) is 3.35. The summed E-state index contributed by atoms with van der Waals surface area (Å²) in [5.41, 5.74) is 3.11. The van der Waals surface area contributed by atoms with Crippen molar-refractivity contribution in [2.24, 2.45) is 5.92 Å². The van der Waals surface area contributed by atoms with Crippen LogP contribution in [0.3, 0.4) is 0 Å². The van der Waals surface area contributed by atoms with E-state index < -0.39 is 17.1 Å². The Hall–Kier alpha value is -2.17. The maximum Gasteiger partial charge on any atom is 0.174 e. The van der Waals surface area contributed by atoms with E-state index in [1.807, 2.05) is 18.2 Å². The first-order chi connectivity index (χ1) is 14.6. The summed E-state index contributed by atoms with van der Waals surface area (Å²) < 4.78 is 6.54. The van der Waals surface area contributed by atoms with E-state index in [0.717, 1.165) is 54.3 Å². The maximum absolute atomic E-state index is 13.1. The van der Waals surface area contributed by atoms with E-state index in [9.17, 15) is 9.90 Å². The third-order valence-corrected chi connectivity index (χ3v) is 8.66. The zero-order chi connectivity index (χ0) is 20.1. The number of benzene rings is 2. The molecule has 2 aromatic carbocycles. The molecule has 5 aliphatic rings. The van der Waals surface area contributed by atoms with Crippen molar-refractivity contribution in [1.82, 2.24) is 4.90 Å². The average Bonchev–Trinajstić information content (AvgIpc) is 3.50. The van der Waals surface area contributed by atoms with Gasteiger partial charge in [-0.3, -0.25) is 9.69 Å². The Morgan fingerprint density at radius 3 is 2.73 bits per heavy atom. The van der Waals surface area contributed by atoms with Crippen molar-refractivity contribution in [2.75, 3.05) is 13.1 Å². The van der Waals surface area contributed by atoms with Gasteiger partial charge in [-0.1, -0.05) is 42.5 Å². The second-order valence-electron chi connectivity index (χ2n) is 10.1. The number of piperidine rings is 1. The molecule has 4 atom stereocenters. The topological polar surface area (TPSA) is 49.8 Å². The molecule has 1 N–H and O–H groups in total. The molecule has 0 aromatic heterocycles. The highest BCUT2D eigenvalue weighted by Gasteiger charge is 2.73. The highest BCUT2D eigenvalue weighted by atomic mass is 16.5. The molecule has 1 spiro atoms. The number of carbonyl (C=O) groups is 1. The second-order valence-corrected chi connectivity index (χ2v) is 10.1. The van der Waals surface area contributed by atoms with E-state index in [1.165, 1.54) is 18.4 Å². The SMILES string of the molecule is O=C1CC[C@@]2(O)[C@H]3Cc4ccc(-c5ccccc5)c5c4[C@@]2(CCN3CC2CC2)[C@H]1O5. The van der Waals surface area contributed by atoms with Gasteiger partial charge in [0.2, 0.25) is 0 Å². The maximum atomic E-state index is 13.1. The summed E-state index contributed by atoms with van der Waals surface area (Å²) in [4.78, 5) is 15.7. The van der Waals surface area contributed by atoms with Crippen LogP contribution in [0.25, 0.3) is 11.1 Å². The molecule has 2 aliphatic heterocycles. The summed E-state index contributed by atoms with van der Waals surface area (Å²) in [6.45, 7) is 2.04. The van der Waals surface area contributed by atoms with E-state index >= 15 is 0 Å². The molecule has 1 saturated heterocycles. The van der Waals surface area contributed by atoms with Crippen molar-refractivity contribution >= 4 is 5.78 Å². The van der Waals surface area contributed by atoms with Crippen LogP contribution in [-0.2, 0) is 16.6 Å². The minimum absolute atomic E-state index is 0.0899. The molecule has 2 bridgehead atoms. The molecule has 4 heteroatoms. The van der Waals surface area contributed by atoms with E-state index in [-0.39, 0.29) is 11.8 Å². The number of rotatable bonds is 3. The Morgan fingerprint density at radius 2 is 1.93 bits per heavy atom. The Bertz CT molecular complexity index is 1060. The van der Waals surface area contributed by atoms with Crippen molar-refractivity contribution in [3.63, 3.8) is 0 Å². The minimum Gasteiger partial charge on any atom is -0.481 e. The lowest BCUT2D eigenvalue weighted by molar-refractivity contribution is -0.188. The van der Waals surface area contributed by atoms with Gasteiger partial charge in [0.1, 0.15) is 5.75 Å². The summed E-state index contributed by atoms with van der Waals surface area (Å²) in [5.74, 6) is 1.81. The number of ether oxygens (including phenoxy) is 1. The van der Waals surface area contributed by atoms with Crippen LogP contribution >= 0.6 is 0 Å². The van der Waals surface area contributed by atoms with Crippen molar-refractivity contribution in [3.05, 3.63) is 53.6 Å². The van der Waals surface area contributed by atoms with Crippen molar-refractivity contribution in [2.45, 2.75) is 61.7 Å². The number of aliphatic hydroxyl groups is 1. The monoisotopic (exact) mass is 401 g/mol. The van der Waals surface area contributed by atoms with Gasteiger partial charge in [-0.25, -0.2) is 0 Å². The molecular weight excluding hydrogens is 374 g/mol. The molecule has 2 saturated carbocycles. The predicted octanol–water partition coefficient (Wildman–Crippen LogP) is 3.49. The third-order valence-electron chi connectivity index (χ3n) is 8.66. The number of Topliss-reactive ketones (excluding diaryl/α,β-unsaturated/α-hetero) is 1. The van der Waals surface area contributed by atoms with Gasteiger partial charge in [0.15, 0.2) is 11.9 Å². The Balaban J connectivity index is 1.45. The fourth-order valence-corrected chi connectivity index (χ4v) is 7.12. The predicted molar refractivity (Wildman–Crippen MR) is 114 cm³/mol. The summed E-state index contributed by atoms with van der Waals surface area (Å²) >= 11 is 0. The summed E-state index contributed by atoms with van der Waals surface area (Å²) in [6.07, 6.45) is 4.73. The number of hydrogen-bond acceptors (Lipinski definition) is 4. The molecule has 0 unspecified atom stereocenters. The quantitative estimate of drug-likeness (QED) is 0.856. The molecule has 2 aromatic rings. The van der Waals surface area contributed by atoms with Gasteiger partial charge in [0.25, 0.3) is 0 Å². The lowest BCUT2D eigenvalue weighted by atomic mass is 9.49. The van der Waals surface area contributed by atoms with Crippen molar-refractivity contribution < 1.29 is 14.6 Å². The molecule has 30 heavy (non-hydrogen) atoms. The number of ketones is 1. The van der Waals surface area contributed by atoms with Crippen molar-refractivity contribution in [3.8, 4) is 16.9 Å². The lowest BCUT2D eigenvalue weighted by Gasteiger charge is -2.62. The average molecular weight is 402 g/mol. The largest absolute Gasteiger partial charge is 0.481 e.